The van der Waals surface area contributed by atoms with Gasteiger partial charge in [0.05, 0.1) is 20.8 Å². The zero-order chi connectivity index (χ0) is 21.6. The molecule has 3 atom stereocenters. The first kappa shape index (κ1) is 22.5. The van der Waals surface area contributed by atoms with Gasteiger partial charge in [0.1, 0.15) is 30.4 Å². The minimum Gasteiger partial charge on any atom is -0.496 e. The minimum absolute atomic E-state index is 0.156. The number of imide groups is 1. The van der Waals surface area contributed by atoms with E-state index in [9.17, 15) is 14.4 Å². The lowest BCUT2D eigenvalue weighted by Gasteiger charge is -2.17. The lowest BCUT2D eigenvalue weighted by molar-refractivity contribution is -0.178. The van der Waals surface area contributed by atoms with Crippen molar-refractivity contribution in [2.45, 2.75) is 27.1 Å². The number of esters is 1. The van der Waals surface area contributed by atoms with Gasteiger partial charge >= 0.3 is 5.97 Å². The van der Waals surface area contributed by atoms with Crippen LogP contribution < -0.4 is 14.2 Å². The topological polar surface area (TPSA) is 101 Å². The van der Waals surface area contributed by atoms with E-state index in [0.717, 1.165) is 4.90 Å². The summed E-state index contributed by atoms with van der Waals surface area (Å²) < 4.78 is 26.4. The Morgan fingerprint density at radius 3 is 2.00 bits per heavy atom. The third-order valence-electron chi connectivity index (χ3n) is 4.68. The maximum Gasteiger partial charge on any atom is 0.328 e. The molecule has 29 heavy (non-hydrogen) atoms. The van der Waals surface area contributed by atoms with Crippen molar-refractivity contribution in [1.82, 2.24) is 4.90 Å². The molecule has 2 rings (SSSR count). The van der Waals surface area contributed by atoms with Gasteiger partial charge < -0.3 is 23.7 Å². The average molecular weight is 409 g/mol. The van der Waals surface area contributed by atoms with E-state index >= 15 is 0 Å². The van der Waals surface area contributed by atoms with Gasteiger partial charge in [0.15, 0.2) is 6.29 Å². The Morgan fingerprint density at radius 1 is 0.966 bits per heavy atom. The number of likely N-dealkylation sites (tertiary alicyclic amines) is 1. The molecule has 1 aromatic carbocycles. The maximum atomic E-state index is 12.0. The molecule has 1 aliphatic rings. The van der Waals surface area contributed by atoms with E-state index in [4.69, 9.17) is 23.7 Å². The first-order chi connectivity index (χ1) is 13.8. The van der Waals surface area contributed by atoms with E-state index < -0.39 is 30.6 Å². The standard InChI is InChI=1S/C20H27NO8/c1-12-13(2)20(24)21(19(12)23)11-18(22)29-14(3)27-6-7-28-17-9-15(25-4)8-16(10-17)26-5/h8-10,12-14H,6-7,11H2,1-5H3. The molecule has 9 heteroatoms. The average Bonchev–Trinajstić information content (AvgIpc) is 2.88. The fourth-order valence-corrected chi connectivity index (χ4v) is 2.81. The number of amides is 2. The molecule has 1 fully saturated rings. The monoisotopic (exact) mass is 409 g/mol. The van der Waals surface area contributed by atoms with Crippen LogP contribution in [0.4, 0.5) is 0 Å². The predicted molar refractivity (Wildman–Crippen MR) is 102 cm³/mol. The molecule has 1 heterocycles. The molecule has 0 saturated carbocycles. The fraction of sp³-hybridized carbons (Fsp3) is 0.550. The molecule has 160 valence electrons. The van der Waals surface area contributed by atoms with Crippen LogP contribution in [0.1, 0.15) is 20.8 Å². The van der Waals surface area contributed by atoms with Crippen molar-refractivity contribution in [1.29, 1.82) is 0 Å². The number of carbonyl (C=O) groups is 3. The molecular weight excluding hydrogens is 382 g/mol. The smallest absolute Gasteiger partial charge is 0.328 e. The van der Waals surface area contributed by atoms with Crippen LogP contribution in [0.3, 0.4) is 0 Å². The van der Waals surface area contributed by atoms with Crippen molar-refractivity contribution in [2.24, 2.45) is 11.8 Å². The first-order valence-corrected chi connectivity index (χ1v) is 9.29. The largest absolute Gasteiger partial charge is 0.496 e. The van der Waals surface area contributed by atoms with E-state index in [0.29, 0.717) is 17.2 Å². The summed E-state index contributed by atoms with van der Waals surface area (Å²) in [5.74, 6) is -0.574. The van der Waals surface area contributed by atoms with Crippen LogP contribution in [0.5, 0.6) is 17.2 Å². The van der Waals surface area contributed by atoms with Gasteiger partial charge in [0.25, 0.3) is 0 Å². The Kier molecular flexibility index (Phi) is 7.83. The second-order valence-electron chi connectivity index (χ2n) is 6.67. The highest BCUT2D eigenvalue weighted by Gasteiger charge is 2.43. The van der Waals surface area contributed by atoms with Crippen LogP contribution in [0.25, 0.3) is 0 Å². The fourth-order valence-electron chi connectivity index (χ4n) is 2.81. The van der Waals surface area contributed by atoms with E-state index in [1.807, 2.05) is 0 Å². The number of rotatable bonds is 10. The molecule has 0 aliphatic carbocycles. The van der Waals surface area contributed by atoms with Gasteiger partial charge in [0.2, 0.25) is 11.8 Å². The molecule has 2 amide bonds. The summed E-state index contributed by atoms with van der Waals surface area (Å²) >= 11 is 0. The number of carbonyl (C=O) groups excluding carboxylic acids is 3. The molecule has 0 aromatic heterocycles. The molecule has 0 N–H and O–H groups in total. The van der Waals surface area contributed by atoms with Crippen molar-refractivity contribution in [2.75, 3.05) is 34.0 Å². The zero-order valence-electron chi connectivity index (χ0n) is 17.3. The van der Waals surface area contributed by atoms with Gasteiger partial charge in [-0.3, -0.25) is 19.3 Å². The third kappa shape index (κ3) is 5.83. The summed E-state index contributed by atoms with van der Waals surface area (Å²) in [6, 6.07) is 5.14. The van der Waals surface area contributed by atoms with Gasteiger partial charge in [-0.2, -0.15) is 0 Å². The molecule has 3 unspecified atom stereocenters. The summed E-state index contributed by atoms with van der Waals surface area (Å²) in [5.41, 5.74) is 0. The Labute approximate surface area is 169 Å². The Hall–Kier alpha value is -2.81. The van der Waals surface area contributed by atoms with E-state index in [1.54, 1.807) is 53.2 Å². The highest BCUT2D eigenvalue weighted by atomic mass is 16.7. The molecule has 0 radical (unpaired) electrons. The number of nitrogens with zero attached hydrogens (tertiary/aromatic N) is 1. The Bertz CT molecular complexity index is 708. The Morgan fingerprint density at radius 2 is 1.48 bits per heavy atom. The van der Waals surface area contributed by atoms with Gasteiger partial charge in [-0.15, -0.1) is 0 Å². The molecular formula is C20H27NO8. The van der Waals surface area contributed by atoms with Crippen LogP contribution in [0.2, 0.25) is 0 Å². The minimum atomic E-state index is -0.853. The van der Waals surface area contributed by atoms with Crippen molar-refractivity contribution in [3.05, 3.63) is 18.2 Å². The SMILES string of the molecule is COc1cc(OC)cc(OCCOC(C)OC(=O)CN2C(=O)C(C)C(C)C2=O)c1. The quantitative estimate of drug-likeness (QED) is 0.249. The van der Waals surface area contributed by atoms with Gasteiger partial charge in [-0.1, -0.05) is 13.8 Å². The van der Waals surface area contributed by atoms with Crippen LogP contribution in [0, 0.1) is 11.8 Å². The summed E-state index contributed by atoms with van der Waals surface area (Å²) in [4.78, 5) is 37.0. The van der Waals surface area contributed by atoms with Crippen LogP contribution >= 0.6 is 0 Å². The molecule has 1 saturated heterocycles. The molecule has 1 aliphatic heterocycles. The molecule has 1 aromatic rings. The van der Waals surface area contributed by atoms with Gasteiger partial charge in [-0.25, -0.2) is 0 Å². The van der Waals surface area contributed by atoms with Crippen molar-refractivity contribution in [3.63, 3.8) is 0 Å². The second-order valence-corrected chi connectivity index (χ2v) is 6.67. The van der Waals surface area contributed by atoms with E-state index in [2.05, 4.69) is 0 Å². The number of benzene rings is 1. The summed E-state index contributed by atoms with van der Waals surface area (Å²) in [6.07, 6.45) is -0.853. The van der Waals surface area contributed by atoms with Crippen molar-refractivity contribution >= 4 is 17.8 Å². The van der Waals surface area contributed by atoms with Crippen LogP contribution in [-0.2, 0) is 23.9 Å². The number of methoxy groups -OCH3 is 2. The van der Waals surface area contributed by atoms with E-state index in [-0.39, 0.29) is 25.0 Å². The normalized spacial score (nSPS) is 19.8. The van der Waals surface area contributed by atoms with Crippen LogP contribution in [-0.4, -0.2) is 63.0 Å². The van der Waals surface area contributed by atoms with E-state index in [1.165, 1.54) is 0 Å². The number of hydrogen-bond acceptors (Lipinski definition) is 8. The number of hydrogen-bond donors (Lipinski definition) is 0. The first-order valence-electron chi connectivity index (χ1n) is 9.29. The number of ether oxygens (including phenoxy) is 5. The molecule has 0 spiro atoms. The molecule has 0 bridgehead atoms. The second kappa shape index (κ2) is 10.1. The maximum absolute atomic E-state index is 12.0. The lowest BCUT2D eigenvalue weighted by atomic mass is 10.00. The highest BCUT2D eigenvalue weighted by molar-refractivity contribution is 6.06. The Balaban J connectivity index is 1.73. The van der Waals surface area contributed by atoms with Crippen molar-refractivity contribution < 1.29 is 38.1 Å². The highest BCUT2D eigenvalue weighted by Crippen LogP contribution is 2.27. The lowest BCUT2D eigenvalue weighted by Crippen LogP contribution is -2.37. The predicted octanol–water partition coefficient (Wildman–Crippen LogP) is 1.63. The summed E-state index contributed by atoms with van der Waals surface area (Å²) in [5, 5.41) is 0. The van der Waals surface area contributed by atoms with Crippen molar-refractivity contribution in [3.8, 4) is 17.2 Å². The summed E-state index contributed by atoms with van der Waals surface area (Å²) in [7, 11) is 3.09. The van der Waals surface area contributed by atoms with Gasteiger partial charge in [-0.05, 0) is 6.92 Å². The summed E-state index contributed by atoms with van der Waals surface area (Å²) in [6.45, 7) is 4.82. The third-order valence-corrected chi connectivity index (χ3v) is 4.68. The zero-order valence-corrected chi connectivity index (χ0v) is 17.3. The van der Waals surface area contributed by atoms with Gasteiger partial charge in [0, 0.05) is 30.0 Å². The molecule has 9 nitrogen and oxygen atoms in total. The van der Waals surface area contributed by atoms with Crippen LogP contribution in [0.15, 0.2) is 18.2 Å².